The molecule has 2 rings (SSSR count). The number of hydrogen-bond acceptors (Lipinski definition) is 3. The number of ether oxygens (including phenoxy) is 2. The average Bonchev–Trinajstić information content (AvgIpc) is 2.47. The highest BCUT2D eigenvalue weighted by Gasteiger charge is 2.14. The molecule has 0 aliphatic rings. The number of benzene rings is 2. The summed E-state index contributed by atoms with van der Waals surface area (Å²) in [5.74, 6) is 1.70. The molecule has 0 heterocycles. The van der Waals surface area contributed by atoms with E-state index >= 15 is 0 Å². The Labute approximate surface area is 134 Å². The first-order valence-corrected chi connectivity index (χ1v) is 7.59. The Morgan fingerprint density at radius 2 is 1.67 bits per heavy atom. The number of aryl methyl sites for hydroxylation is 1. The topological polar surface area (TPSA) is 30.5 Å². The number of hydrogen-bond donors (Lipinski definition) is 1. The highest BCUT2D eigenvalue weighted by molar-refractivity contribution is 9.10. The zero-order valence-corrected chi connectivity index (χ0v) is 14.3. The van der Waals surface area contributed by atoms with Gasteiger partial charge in [-0.3, -0.25) is 0 Å². The fraction of sp³-hybridized carbons (Fsp3) is 0.294. The van der Waals surface area contributed by atoms with E-state index in [0.717, 1.165) is 27.2 Å². The Hall–Kier alpha value is -1.68. The summed E-state index contributed by atoms with van der Waals surface area (Å²) in [5.41, 5.74) is 3.28. The van der Waals surface area contributed by atoms with Crippen molar-refractivity contribution in [2.24, 2.45) is 0 Å². The summed E-state index contributed by atoms with van der Waals surface area (Å²) in [6, 6.07) is 12.2. The molecule has 112 valence electrons. The second kappa shape index (κ2) is 6.85. The monoisotopic (exact) mass is 349 g/mol. The molecule has 0 bridgehead atoms. The van der Waals surface area contributed by atoms with Crippen LogP contribution in [0.15, 0.2) is 40.9 Å². The first-order valence-electron chi connectivity index (χ1n) is 6.79. The highest BCUT2D eigenvalue weighted by Crippen LogP contribution is 2.33. The van der Waals surface area contributed by atoms with Crippen LogP contribution < -0.4 is 14.8 Å². The Bertz CT molecular complexity index is 628. The second-order valence-corrected chi connectivity index (χ2v) is 5.87. The predicted octanol–water partition coefficient (Wildman–Crippen LogP) is 4.95. The molecule has 0 saturated heterocycles. The van der Waals surface area contributed by atoms with E-state index < -0.39 is 0 Å². The molecule has 0 spiro atoms. The molecule has 0 aliphatic carbocycles. The Morgan fingerprint density at radius 1 is 1.00 bits per heavy atom. The third-order valence-electron chi connectivity index (χ3n) is 3.39. The number of halogens is 1. The average molecular weight is 350 g/mol. The van der Waals surface area contributed by atoms with Gasteiger partial charge in [0.15, 0.2) is 0 Å². The molecule has 0 aliphatic heterocycles. The molecular weight excluding hydrogens is 330 g/mol. The van der Waals surface area contributed by atoms with Gasteiger partial charge in [0.25, 0.3) is 0 Å². The predicted molar refractivity (Wildman–Crippen MR) is 90.5 cm³/mol. The third-order valence-corrected chi connectivity index (χ3v) is 3.88. The molecule has 0 amide bonds. The fourth-order valence-corrected chi connectivity index (χ4v) is 2.66. The summed E-state index contributed by atoms with van der Waals surface area (Å²) in [4.78, 5) is 0. The van der Waals surface area contributed by atoms with Crippen LogP contribution >= 0.6 is 15.9 Å². The first-order chi connectivity index (χ1) is 10.0. The largest absolute Gasteiger partial charge is 0.496 e. The summed E-state index contributed by atoms with van der Waals surface area (Å²) in [5, 5.41) is 3.49. The van der Waals surface area contributed by atoms with E-state index in [1.165, 1.54) is 5.56 Å². The van der Waals surface area contributed by atoms with Gasteiger partial charge in [-0.1, -0.05) is 33.6 Å². The Balaban J connectivity index is 2.31. The molecule has 21 heavy (non-hydrogen) atoms. The molecular formula is C17H20BrNO2. The van der Waals surface area contributed by atoms with Crippen molar-refractivity contribution >= 4 is 21.6 Å². The van der Waals surface area contributed by atoms with E-state index in [9.17, 15) is 0 Å². The number of methoxy groups -OCH3 is 2. The van der Waals surface area contributed by atoms with E-state index in [-0.39, 0.29) is 6.04 Å². The zero-order valence-electron chi connectivity index (χ0n) is 12.7. The molecule has 1 atom stereocenters. The van der Waals surface area contributed by atoms with Crippen molar-refractivity contribution in [2.45, 2.75) is 19.9 Å². The third kappa shape index (κ3) is 3.70. The first kappa shape index (κ1) is 15.7. The van der Waals surface area contributed by atoms with Crippen molar-refractivity contribution in [2.75, 3.05) is 19.5 Å². The van der Waals surface area contributed by atoms with E-state index in [1.807, 2.05) is 24.3 Å². The summed E-state index contributed by atoms with van der Waals surface area (Å²) in [7, 11) is 3.37. The minimum Gasteiger partial charge on any atom is -0.496 e. The smallest absolute Gasteiger partial charge is 0.142 e. The molecule has 2 aromatic rings. The molecule has 0 saturated carbocycles. The van der Waals surface area contributed by atoms with Crippen LogP contribution in [0.3, 0.4) is 0 Å². The number of nitrogens with one attached hydrogen (secondary N) is 1. The maximum Gasteiger partial charge on any atom is 0.142 e. The van der Waals surface area contributed by atoms with Gasteiger partial charge in [-0.25, -0.2) is 0 Å². The molecule has 0 radical (unpaired) electrons. The van der Waals surface area contributed by atoms with Gasteiger partial charge < -0.3 is 14.8 Å². The van der Waals surface area contributed by atoms with Gasteiger partial charge in [-0.2, -0.15) is 0 Å². The minimum absolute atomic E-state index is 0.100. The van der Waals surface area contributed by atoms with Gasteiger partial charge >= 0.3 is 0 Å². The molecule has 0 aromatic heterocycles. The zero-order chi connectivity index (χ0) is 15.4. The van der Waals surface area contributed by atoms with Crippen molar-refractivity contribution < 1.29 is 9.47 Å². The minimum atomic E-state index is 0.100. The van der Waals surface area contributed by atoms with Crippen LogP contribution in [0.2, 0.25) is 0 Å². The second-order valence-electron chi connectivity index (χ2n) is 4.96. The lowest BCUT2D eigenvalue weighted by atomic mass is 10.0. The van der Waals surface area contributed by atoms with E-state index in [0.29, 0.717) is 0 Å². The fourth-order valence-electron chi connectivity index (χ4n) is 2.30. The van der Waals surface area contributed by atoms with Gasteiger partial charge in [-0.15, -0.1) is 0 Å². The van der Waals surface area contributed by atoms with E-state index in [2.05, 4.69) is 47.2 Å². The Kier molecular flexibility index (Phi) is 5.12. The van der Waals surface area contributed by atoms with Crippen molar-refractivity contribution in [1.82, 2.24) is 0 Å². The summed E-state index contributed by atoms with van der Waals surface area (Å²) < 4.78 is 11.9. The van der Waals surface area contributed by atoms with Gasteiger partial charge in [0.2, 0.25) is 0 Å². The van der Waals surface area contributed by atoms with Crippen LogP contribution in [0.4, 0.5) is 5.69 Å². The van der Waals surface area contributed by atoms with Crippen LogP contribution in [-0.2, 0) is 0 Å². The molecule has 2 aromatic carbocycles. The van der Waals surface area contributed by atoms with Gasteiger partial charge in [0.1, 0.15) is 11.5 Å². The maximum absolute atomic E-state index is 5.46. The standard InChI is InChI=1S/C17H20BrNO2/c1-11-5-7-16(20-3)14(9-11)12(2)19-15-10-13(18)6-8-17(15)21-4/h5-10,12,19H,1-4H3. The van der Waals surface area contributed by atoms with Crippen molar-refractivity contribution in [3.8, 4) is 11.5 Å². The van der Waals surface area contributed by atoms with Gasteiger partial charge in [0, 0.05) is 10.0 Å². The number of anilines is 1. The highest BCUT2D eigenvalue weighted by atomic mass is 79.9. The van der Waals surface area contributed by atoms with Crippen molar-refractivity contribution in [1.29, 1.82) is 0 Å². The molecule has 1 N–H and O–H groups in total. The Morgan fingerprint density at radius 3 is 2.33 bits per heavy atom. The quantitative estimate of drug-likeness (QED) is 0.828. The number of rotatable bonds is 5. The van der Waals surface area contributed by atoms with E-state index in [4.69, 9.17) is 9.47 Å². The summed E-state index contributed by atoms with van der Waals surface area (Å²) in [6.07, 6.45) is 0. The lowest BCUT2D eigenvalue weighted by molar-refractivity contribution is 0.407. The van der Waals surface area contributed by atoms with Crippen LogP contribution in [0.5, 0.6) is 11.5 Å². The summed E-state index contributed by atoms with van der Waals surface area (Å²) >= 11 is 3.49. The molecule has 3 nitrogen and oxygen atoms in total. The van der Waals surface area contributed by atoms with Crippen molar-refractivity contribution in [3.63, 3.8) is 0 Å². The molecule has 4 heteroatoms. The molecule has 1 unspecified atom stereocenters. The lowest BCUT2D eigenvalue weighted by Gasteiger charge is -2.20. The van der Waals surface area contributed by atoms with Crippen LogP contribution in [-0.4, -0.2) is 14.2 Å². The van der Waals surface area contributed by atoms with Crippen LogP contribution in [0, 0.1) is 6.92 Å². The van der Waals surface area contributed by atoms with Crippen LogP contribution in [0.25, 0.3) is 0 Å². The lowest BCUT2D eigenvalue weighted by Crippen LogP contribution is -2.09. The summed E-state index contributed by atoms with van der Waals surface area (Å²) in [6.45, 7) is 4.19. The van der Waals surface area contributed by atoms with Gasteiger partial charge in [-0.05, 0) is 38.1 Å². The SMILES string of the molecule is COc1ccc(Br)cc1NC(C)c1cc(C)ccc1OC. The maximum atomic E-state index is 5.46. The molecule has 0 fully saturated rings. The van der Waals surface area contributed by atoms with Crippen LogP contribution in [0.1, 0.15) is 24.1 Å². The van der Waals surface area contributed by atoms with Gasteiger partial charge in [0.05, 0.1) is 25.9 Å². The van der Waals surface area contributed by atoms with E-state index in [1.54, 1.807) is 14.2 Å². The normalized spacial score (nSPS) is 11.9. The van der Waals surface area contributed by atoms with Crippen molar-refractivity contribution in [3.05, 3.63) is 52.0 Å².